The van der Waals surface area contributed by atoms with Gasteiger partial charge >= 0.3 is 0 Å². The van der Waals surface area contributed by atoms with Crippen molar-refractivity contribution >= 4 is 17.3 Å². The number of guanidine groups is 1. The molecule has 22 heavy (non-hydrogen) atoms. The van der Waals surface area contributed by atoms with Crippen molar-refractivity contribution in [2.75, 3.05) is 20.3 Å². The van der Waals surface area contributed by atoms with E-state index in [9.17, 15) is 0 Å². The lowest BCUT2D eigenvalue weighted by atomic mass is 10.4. The molecule has 0 saturated heterocycles. The summed E-state index contributed by atoms with van der Waals surface area (Å²) in [6.45, 7) is 5.95. The van der Waals surface area contributed by atoms with Gasteiger partial charge in [0.15, 0.2) is 5.96 Å². The molecule has 0 aliphatic rings. The molecule has 2 heterocycles. The maximum atomic E-state index is 5.49. The van der Waals surface area contributed by atoms with Gasteiger partial charge in [0.2, 0.25) is 5.89 Å². The molecule has 0 aliphatic carbocycles. The second-order valence-corrected chi connectivity index (χ2v) is 5.76. The number of thiophene rings is 1. The van der Waals surface area contributed by atoms with E-state index in [1.165, 1.54) is 0 Å². The van der Waals surface area contributed by atoms with E-state index in [1.807, 2.05) is 31.4 Å². The molecule has 0 aromatic carbocycles. The van der Waals surface area contributed by atoms with Gasteiger partial charge in [0, 0.05) is 19.7 Å². The summed E-state index contributed by atoms with van der Waals surface area (Å²) in [5.41, 5.74) is 0.806. The Morgan fingerprint density at radius 2 is 2.41 bits per heavy atom. The number of hydrogen-bond donors (Lipinski definition) is 2. The molecule has 0 bridgehead atoms. The van der Waals surface area contributed by atoms with E-state index in [-0.39, 0.29) is 6.04 Å². The zero-order valence-electron chi connectivity index (χ0n) is 13.1. The first-order valence-corrected chi connectivity index (χ1v) is 8.13. The molecule has 0 spiro atoms. The van der Waals surface area contributed by atoms with Crippen LogP contribution in [0.15, 0.2) is 33.2 Å². The van der Waals surface area contributed by atoms with E-state index < -0.39 is 0 Å². The first-order chi connectivity index (χ1) is 10.7. The van der Waals surface area contributed by atoms with E-state index in [2.05, 4.69) is 20.6 Å². The fourth-order valence-corrected chi connectivity index (χ4v) is 2.55. The van der Waals surface area contributed by atoms with E-state index >= 15 is 0 Å². The van der Waals surface area contributed by atoms with Crippen molar-refractivity contribution in [1.82, 2.24) is 15.6 Å². The first kappa shape index (κ1) is 16.5. The highest BCUT2D eigenvalue weighted by atomic mass is 32.1. The highest BCUT2D eigenvalue weighted by Crippen LogP contribution is 2.23. The number of methoxy groups -OCH3 is 1. The maximum Gasteiger partial charge on any atom is 0.236 e. The summed E-state index contributed by atoms with van der Waals surface area (Å²) in [5.74, 6) is 1.39. The van der Waals surface area contributed by atoms with Crippen molar-refractivity contribution in [3.05, 3.63) is 29.5 Å². The van der Waals surface area contributed by atoms with Gasteiger partial charge in [-0.2, -0.15) is 0 Å². The van der Waals surface area contributed by atoms with Crippen LogP contribution >= 0.6 is 11.3 Å². The van der Waals surface area contributed by atoms with E-state index in [0.29, 0.717) is 19.0 Å². The Kier molecular flexibility index (Phi) is 6.42. The van der Waals surface area contributed by atoms with Gasteiger partial charge in [0.1, 0.15) is 12.0 Å². The first-order valence-electron chi connectivity index (χ1n) is 7.25. The van der Waals surface area contributed by atoms with Crippen LogP contribution in [0.4, 0.5) is 0 Å². The van der Waals surface area contributed by atoms with Crippen molar-refractivity contribution in [3.63, 3.8) is 0 Å². The Morgan fingerprint density at radius 1 is 1.55 bits per heavy atom. The van der Waals surface area contributed by atoms with Gasteiger partial charge in [-0.3, -0.25) is 0 Å². The van der Waals surface area contributed by atoms with Crippen LogP contribution in [0.2, 0.25) is 0 Å². The lowest BCUT2D eigenvalue weighted by Gasteiger charge is -2.16. The molecule has 0 radical (unpaired) electrons. The second-order valence-electron chi connectivity index (χ2n) is 4.82. The van der Waals surface area contributed by atoms with E-state index in [4.69, 9.17) is 9.15 Å². The number of ether oxygens (including phenoxy) is 1. The molecular weight excluding hydrogens is 300 g/mol. The lowest BCUT2D eigenvalue weighted by molar-refractivity contribution is 0.179. The zero-order chi connectivity index (χ0) is 15.8. The van der Waals surface area contributed by atoms with Crippen LogP contribution in [0.1, 0.15) is 19.5 Å². The molecule has 2 rings (SSSR count). The summed E-state index contributed by atoms with van der Waals surface area (Å²) in [7, 11) is 1.68. The van der Waals surface area contributed by atoms with Crippen molar-refractivity contribution in [2.24, 2.45) is 4.99 Å². The molecule has 120 valence electrons. The van der Waals surface area contributed by atoms with Crippen LogP contribution in [0, 0.1) is 0 Å². The molecule has 0 aliphatic heterocycles. The summed E-state index contributed by atoms with van der Waals surface area (Å²) in [4.78, 5) is 10.00. The van der Waals surface area contributed by atoms with E-state index in [0.717, 1.165) is 23.1 Å². The molecule has 1 atom stereocenters. The number of rotatable bonds is 7. The Labute approximate surface area is 134 Å². The SMILES string of the molecule is CCNC(=NCc1coc(-c2cccs2)n1)NC(C)COC. The molecule has 0 saturated carbocycles. The summed E-state index contributed by atoms with van der Waals surface area (Å²) in [6.07, 6.45) is 1.65. The third-order valence-electron chi connectivity index (χ3n) is 2.83. The molecule has 6 nitrogen and oxygen atoms in total. The second kappa shape index (κ2) is 8.55. The number of aliphatic imine (C=N–C) groups is 1. The maximum absolute atomic E-state index is 5.49. The summed E-state index contributed by atoms with van der Waals surface area (Å²) in [5, 5.41) is 8.49. The van der Waals surface area contributed by atoms with Crippen LogP contribution in [0.3, 0.4) is 0 Å². The van der Waals surface area contributed by atoms with Gasteiger partial charge in [0.05, 0.1) is 18.0 Å². The molecule has 0 amide bonds. The Bertz CT molecular complexity index is 580. The molecule has 7 heteroatoms. The minimum absolute atomic E-state index is 0.182. The summed E-state index contributed by atoms with van der Waals surface area (Å²) >= 11 is 1.61. The Balaban J connectivity index is 1.98. The number of oxazole rings is 1. The number of nitrogens with one attached hydrogen (secondary N) is 2. The van der Waals surface area contributed by atoms with Crippen LogP contribution in [0.25, 0.3) is 10.8 Å². The quantitative estimate of drug-likeness (QED) is 0.605. The van der Waals surface area contributed by atoms with Crippen molar-refractivity contribution in [3.8, 4) is 10.8 Å². The van der Waals surface area contributed by atoms with E-state index in [1.54, 1.807) is 24.7 Å². The van der Waals surface area contributed by atoms with Crippen molar-refractivity contribution in [2.45, 2.75) is 26.4 Å². The van der Waals surface area contributed by atoms with Crippen LogP contribution in [0.5, 0.6) is 0 Å². The topological polar surface area (TPSA) is 71.7 Å². The molecule has 2 aromatic rings. The van der Waals surface area contributed by atoms with Gasteiger partial charge in [-0.15, -0.1) is 11.3 Å². The summed E-state index contributed by atoms with van der Waals surface area (Å²) < 4.78 is 10.6. The Morgan fingerprint density at radius 3 is 3.09 bits per heavy atom. The minimum atomic E-state index is 0.182. The smallest absolute Gasteiger partial charge is 0.236 e. The largest absolute Gasteiger partial charge is 0.443 e. The number of nitrogens with zero attached hydrogens (tertiary/aromatic N) is 2. The molecule has 1 unspecified atom stereocenters. The van der Waals surface area contributed by atoms with Gasteiger partial charge in [-0.1, -0.05) is 6.07 Å². The predicted molar refractivity (Wildman–Crippen MR) is 89.1 cm³/mol. The average Bonchev–Trinajstić information content (AvgIpc) is 3.16. The van der Waals surface area contributed by atoms with Crippen molar-refractivity contribution < 1.29 is 9.15 Å². The summed E-state index contributed by atoms with van der Waals surface area (Å²) in [6, 6.07) is 4.15. The van der Waals surface area contributed by atoms with Crippen LogP contribution < -0.4 is 10.6 Å². The Hall–Kier alpha value is -1.86. The van der Waals surface area contributed by atoms with Crippen LogP contribution in [-0.2, 0) is 11.3 Å². The molecular formula is C15H22N4O2S. The van der Waals surface area contributed by atoms with Gasteiger partial charge < -0.3 is 19.8 Å². The molecule has 2 N–H and O–H groups in total. The van der Waals surface area contributed by atoms with Gasteiger partial charge in [-0.25, -0.2) is 9.98 Å². The zero-order valence-corrected chi connectivity index (χ0v) is 13.9. The fraction of sp³-hybridized carbons (Fsp3) is 0.467. The monoisotopic (exact) mass is 322 g/mol. The highest BCUT2D eigenvalue weighted by molar-refractivity contribution is 7.13. The molecule has 0 fully saturated rings. The standard InChI is InChI=1S/C15H22N4O2S/c1-4-16-15(18-11(2)9-20-3)17-8-12-10-21-14(19-12)13-6-5-7-22-13/h5-7,10-11H,4,8-9H2,1-3H3,(H2,16,17,18). The third-order valence-corrected chi connectivity index (χ3v) is 3.68. The normalized spacial score (nSPS) is 13.1. The van der Waals surface area contributed by atoms with Crippen molar-refractivity contribution in [1.29, 1.82) is 0 Å². The third kappa shape index (κ3) is 4.85. The number of hydrogen-bond acceptors (Lipinski definition) is 5. The number of aromatic nitrogens is 1. The van der Waals surface area contributed by atoms with Crippen LogP contribution in [-0.4, -0.2) is 37.2 Å². The average molecular weight is 322 g/mol. The van der Waals surface area contributed by atoms with Gasteiger partial charge in [-0.05, 0) is 25.3 Å². The predicted octanol–water partition coefficient (Wildman–Crippen LogP) is 2.49. The fourth-order valence-electron chi connectivity index (χ4n) is 1.90. The van der Waals surface area contributed by atoms with Gasteiger partial charge in [0.25, 0.3) is 0 Å². The molecule has 2 aromatic heterocycles. The minimum Gasteiger partial charge on any atom is -0.443 e. The lowest BCUT2D eigenvalue weighted by Crippen LogP contribution is -2.43. The highest BCUT2D eigenvalue weighted by Gasteiger charge is 2.08.